The number of hydrogen-bond acceptors (Lipinski definition) is 3. The van der Waals surface area contributed by atoms with Crippen LogP contribution in [0.5, 0.6) is 0 Å². The van der Waals surface area contributed by atoms with Crippen molar-refractivity contribution >= 4 is 9.84 Å². The average Bonchev–Trinajstić information content (AvgIpc) is 2.98. The maximum atomic E-state index is 13.4. The molecule has 0 aromatic heterocycles. The Kier molecular flexibility index (Phi) is 6.32. The number of fused-ring (bicyclic) bond motifs is 1. The van der Waals surface area contributed by atoms with Gasteiger partial charge in [-0.1, -0.05) is 51.3 Å². The molecule has 4 heteroatoms. The summed E-state index contributed by atoms with van der Waals surface area (Å²) in [6.07, 6.45) is 8.13. The van der Waals surface area contributed by atoms with Crippen LogP contribution in [-0.2, 0) is 9.84 Å². The number of aliphatic hydroxyl groups is 1. The molecule has 2 aliphatic carbocycles. The molecule has 158 valence electrons. The molecule has 0 amide bonds. The molecule has 5 atom stereocenters. The monoisotopic (exact) mass is 406 g/mol. The van der Waals surface area contributed by atoms with Gasteiger partial charge in [0.25, 0.3) is 0 Å². The molecular formula is C24H38O3S. The van der Waals surface area contributed by atoms with Crippen molar-refractivity contribution in [3.63, 3.8) is 0 Å². The molecule has 0 heterocycles. The minimum Gasteiger partial charge on any atom is -0.390 e. The van der Waals surface area contributed by atoms with Gasteiger partial charge in [-0.05, 0) is 81.3 Å². The van der Waals surface area contributed by atoms with Crippen molar-refractivity contribution < 1.29 is 13.5 Å². The highest BCUT2D eigenvalue weighted by Gasteiger charge is 2.55. The molecule has 1 aromatic rings. The maximum Gasteiger partial charge on any atom is 0.181 e. The lowest BCUT2D eigenvalue weighted by Crippen LogP contribution is -2.44. The van der Waals surface area contributed by atoms with Crippen LogP contribution in [0.15, 0.2) is 35.2 Å². The lowest BCUT2D eigenvalue weighted by Gasteiger charge is -2.46. The van der Waals surface area contributed by atoms with Crippen molar-refractivity contribution in [2.45, 2.75) is 94.8 Å². The van der Waals surface area contributed by atoms with E-state index in [1.54, 1.807) is 12.1 Å². The summed E-state index contributed by atoms with van der Waals surface area (Å²) >= 11 is 0. The Labute approximate surface area is 171 Å². The molecule has 0 saturated heterocycles. The van der Waals surface area contributed by atoms with Gasteiger partial charge in [0.15, 0.2) is 9.84 Å². The summed E-state index contributed by atoms with van der Waals surface area (Å²) in [6.45, 7) is 8.47. The summed E-state index contributed by atoms with van der Waals surface area (Å²) in [5, 5.41) is 9.77. The van der Waals surface area contributed by atoms with Crippen LogP contribution >= 0.6 is 0 Å². The van der Waals surface area contributed by atoms with Gasteiger partial charge >= 0.3 is 0 Å². The molecule has 28 heavy (non-hydrogen) atoms. The average molecular weight is 407 g/mol. The van der Waals surface area contributed by atoms with Crippen LogP contribution in [0, 0.1) is 23.2 Å². The van der Waals surface area contributed by atoms with Gasteiger partial charge in [0.1, 0.15) is 0 Å². The van der Waals surface area contributed by atoms with Crippen molar-refractivity contribution in [1.82, 2.24) is 0 Å². The first-order valence-corrected chi connectivity index (χ1v) is 12.6. The fourth-order valence-corrected chi connectivity index (χ4v) is 8.55. The van der Waals surface area contributed by atoms with E-state index in [9.17, 15) is 13.5 Å². The van der Waals surface area contributed by atoms with Crippen LogP contribution in [0.1, 0.15) is 79.1 Å². The Balaban J connectivity index is 1.76. The molecular weight excluding hydrogens is 368 g/mol. The zero-order chi connectivity index (χ0) is 20.6. The lowest BCUT2D eigenvalue weighted by atomic mass is 9.62. The van der Waals surface area contributed by atoms with Gasteiger partial charge in [0.2, 0.25) is 0 Å². The second-order valence-electron chi connectivity index (χ2n) is 10.3. The van der Waals surface area contributed by atoms with Crippen LogP contribution in [0.3, 0.4) is 0 Å². The molecule has 3 rings (SSSR count). The Bertz CT molecular complexity index is 750. The zero-order valence-corrected chi connectivity index (χ0v) is 18.8. The predicted octanol–water partition coefficient (Wildman–Crippen LogP) is 5.62. The zero-order valence-electron chi connectivity index (χ0n) is 18.0. The Morgan fingerprint density at radius 2 is 1.86 bits per heavy atom. The number of hydrogen-bond donors (Lipinski definition) is 1. The summed E-state index contributed by atoms with van der Waals surface area (Å²) in [7, 11) is -3.27. The fourth-order valence-electron chi connectivity index (χ4n) is 6.31. The standard InChI is InChI=1S/C24H38O3S/c1-18(10-8-16-23(2,3)25)20-14-15-21-22(13-9-17-24(20,21)4)28(26,27)19-11-6-5-7-12-19/h5-7,11-12,18,20-22,25H,8-10,13-17H2,1-4H3/t18-,20-,21+,22-,24-/m0/s1. The number of sulfone groups is 1. The van der Waals surface area contributed by atoms with Gasteiger partial charge < -0.3 is 5.11 Å². The Morgan fingerprint density at radius 3 is 2.50 bits per heavy atom. The van der Waals surface area contributed by atoms with E-state index in [0.717, 1.165) is 51.4 Å². The molecule has 1 N–H and O–H groups in total. The molecule has 2 fully saturated rings. The second-order valence-corrected chi connectivity index (χ2v) is 12.4. The molecule has 0 bridgehead atoms. The van der Waals surface area contributed by atoms with Gasteiger partial charge in [-0.25, -0.2) is 8.42 Å². The largest absolute Gasteiger partial charge is 0.390 e. The molecule has 3 nitrogen and oxygen atoms in total. The van der Waals surface area contributed by atoms with Crippen molar-refractivity contribution in [2.75, 3.05) is 0 Å². The van der Waals surface area contributed by atoms with Crippen LogP contribution in [0.25, 0.3) is 0 Å². The summed E-state index contributed by atoms with van der Waals surface area (Å²) in [5.41, 5.74) is -0.472. The molecule has 2 saturated carbocycles. The molecule has 0 spiro atoms. The van der Waals surface area contributed by atoms with Crippen LogP contribution in [-0.4, -0.2) is 24.4 Å². The normalized spacial score (nSPS) is 32.1. The minimum absolute atomic E-state index is 0.124. The van der Waals surface area contributed by atoms with Crippen LogP contribution < -0.4 is 0 Å². The first-order chi connectivity index (χ1) is 13.1. The molecule has 2 aliphatic rings. The third-order valence-corrected chi connectivity index (χ3v) is 10.0. The number of rotatable bonds is 7. The van der Waals surface area contributed by atoms with E-state index < -0.39 is 15.4 Å². The first kappa shape index (κ1) is 21.8. The van der Waals surface area contributed by atoms with E-state index in [2.05, 4.69) is 13.8 Å². The smallest absolute Gasteiger partial charge is 0.181 e. The predicted molar refractivity (Wildman–Crippen MR) is 115 cm³/mol. The third-order valence-electron chi connectivity index (χ3n) is 7.74. The molecule has 0 unspecified atom stereocenters. The van der Waals surface area contributed by atoms with Gasteiger partial charge in [-0.2, -0.15) is 0 Å². The highest BCUT2D eigenvalue weighted by Crippen LogP contribution is 2.59. The Morgan fingerprint density at radius 1 is 1.18 bits per heavy atom. The quantitative estimate of drug-likeness (QED) is 0.639. The topological polar surface area (TPSA) is 54.4 Å². The highest BCUT2D eigenvalue weighted by molar-refractivity contribution is 7.92. The summed E-state index contributed by atoms with van der Waals surface area (Å²) in [4.78, 5) is 0.492. The second kappa shape index (κ2) is 8.10. The maximum absolute atomic E-state index is 13.4. The summed E-state index contributed by atoms with van der Waals surface area (Å²) < 4.78 is 26.8. The number of benzene rings is 1. The van der Waals surface area contributed by atoms with E-state index in [1.165, 1.54) is 0 Å². The summed E-state index contributed by atoms with van der Waals surface area (Å²) in [5.74, 6) is 1.44. The van der Waals surface area contributed by atoms with Gasteiger partial charge in [0, 0.05) is 0 Å². The van der Waals surface area contributed by atoms with Crippen molar-refractivity contribution in [3.05, 3.63) is 30.3 Å². The van der Waals surface area contributed by atoms with Crippen molar-refractivity contribution in [3.8, 4) is 0 Å². The van der Waals surface area contributed by atoms with E-state index in [0.29, 0.717) is 16.7 Å². The van der Waals surface area contributed by atoms with Gasteiger partial charge in [-0.15, -0.1) is 0 Å². The SMILES string of the molecule is C[C@@H](CCCC(C)(C)O)[C@@H]1CC[C@@H]2[C@@H](S(=O)(=O)c3ccccc3)CCC[C@]21C. The molecule has 0 aliphatic heterocycles. The van der Waals surface area contributed by atoms with Gasteiger partial charge in [0.05, 0.1) is 15.7 Å². The highest BCUT2D eigenvalue weighted by atomic mass is 32.2. The van der Waals surface area contributed by atoms with E-state index in [-0.39, 0.29) is 16.6 Å². The minimum atomic E-state index is -3.27. The van der Waals surface area contributed by atoms with Crippen LogP contribution in [0.2, 0.25) is 0 Å². The van der Waals surface area contributed by atoms with Gasteiger partial charge in [-0.3, -0.25) is 0 Å². The van der Waals surface area contributed by atoms with E-state index >= 15 is 0 Å². The van der Waals surface area contributed by atoms with E-state index in [1.807, 2.05) is 32.0 Å². The lowest BCUT2D eigenvalue weighted by molar-refractivity contribution is 0.0531. The molecule has 0 radical (unpaired) electrons. The Hall–Kier alpha value is -0.870. The summed E-state index contributed by atoms with van der Waals surface area (Å²) in [6, 6.07) is 9.05. The first-order valence-electron chi connectivity index (χ1n) is 11.1. The molecule has 1 aromatic carbocycles. The van der Waals surface area contributed by atoms with Crippen molar-refractivity contribution in [1.29, 1.82) is 0 Å². The fraction of sp³-hybridized carbons (Fsp3) is 0.750. The van der Waals surface area contributed by atoms with E-state index in [4.69, 9.17) is 0 Å². The van der Waals surface area contributed by atoms with Crippen LogP contribution in [0.4, 0.5) is 0 Å². The third kappa shape index (κ3) is 4.33. The van der Waals surface area contributed by atoms with Crippen molar-refractivity contribution in [2.24, 2.45) is 23.2 Å².